The summed E-state index contributed by atoms with van der Waals surface area (Å²) >= 11 is 1.77. The molecule has 1 aromatic heterocycles. The fourth-order valence-electron chi connectivity index (χ4n) is 3.25. The molecule has 3 heterocycles. The summed E-state index contributed by atoms with van der Waals surface area (Å²) in [6.07, 6.45) is 4.37. The average Bonchev–Trinajstić information content (AvgIpc) is 3.18. The van der Waals surface area contributed by atoms with Gasteiger partial charge in [-0.3, -0.25) is 4.79 Å². The largest absolute Gasteiger partial charge is 0.341 e. The van der Waals surface area contributed by atoms with E-state index in [-0.39, 0.29) is 30.9 Å². The molecule has 2 aliphatic rings. The van der Waals surface area contributed by atoms with E-state index in [4.69, 9.17) is 4.98 Å². The Morgan fingerprint density at radius 1 is 1.35 bits per heavy atom. The molecule has 2 aliphatic heterocycles. The van der Waals surface area contributed by atoms with Gasteiger partial charge in [0.15, 0.2) is 0 Å². The van der Waals surface area contributed by atoms with Crippen LogP contribution >= 0.6 is 36.2 Å². The lowest BCUT2D eigenvalue weighted by molar-refractivity contribution is -0.134. The fourth-order valence-corrected chi connectivity index (χ4v) is 4.36. The molecule has 2 fully saturated rings. The minimum atomic E-state index is 0. The molecule has 132 valence electrons. The monoisotopic (exact) mass is 379 g/mol. The molecule has 0 bridgehead atoms. The van der Waals surface area contributed by atoms with E-state index in [0.717, 1.165) is 45.3 Å². The van der Waals surface area contributed by atoms with Crippen LogP contribution < -0.4 is 5.32 Å². The average molecular weight is 380 g/mol. The van der Waals surface area contributed by atoms with Crippen molar-refractivity contribution in [2.24, 2.45) is 0 Å². The van der Waals surface area contributed by atoms with E-state index in [1.165, 1.54) is 10.7 Å². The Labute approximate surface area is 155 Å². The van der Waals surface area contributed by atoms with Gasteiger partial charge in [0.2, 0.25) is 5.91 Å². The van der Waals surface area contributed by atoms with Gasteiger partial charge in [0.25, 0.3) is 0 Å². The van der Waals surface area contributed by atoms with Crippen LogP contribution in [0.3, 0.4) is 0 Å². The number of thiazole rings is 1. The predicted molar refractivity (Wildman–Crippen MR) is 100 cm³/mol. The number of likely N-dealkylation sites (tertiary alicyclic amines) is 1. The first-order chi connectivity index (χ1) is 10.1. The molecule has 2 atom stereocenters. The van der Waals surface area contributed by atoms with Crippen molar-refractivity contribution in [3.8, 4) is 0 Å². The van der Waals surface area contributed by atoms with Gasteiger partial charge in [-0.25, -0.2) is 4.98 Å². The van der Waals surface area contributed by atoms with Crippen LogP contribution in [0.1, 0.15) is 62.1 Å². The second-order valence-electron chi connectivity index (χ2n) is 6.54. The summed E-state index contributed by atoms with van der Waals surface area (Å²) in [6.45, 7) is 7.11. The van der Waals surface area contributed by atoms with Crippen molar-refractivity contribution in [3.63, 3.8) is 0 Å². The van der Waals surface area contributed by atoms with Gasteiger partial charge in [-0.15, -0.1) is 36.2 Å². The Kier molecular flexibility index (Phi) is 8.28. The highest BCUT2D eigenvalue weighted by molar-refractivity contribution is 7.09. The highest BCUT2D eigenvalue weighted by Gasteiger charge is 2.31. The predicted octanol–water partition coefficient (Wildman–Crippen LogP) is 3.57. The third-order valence-corrected chi connectivity index (χ3v) is 5.60. The summed E-state index contributed by atoms with van der Waals surface area (Å²) in [5, 5.41) is 6.72. The first-order valence-electron chi connectivity index (χ1n) is 8.12. The topological polar surface area (TPSA) is 45.2 Å². The number of nitrogens with zero attached hydrogens (tertiary/aromatic N) is 2. The molecule has 1 amide bonds. The summed E-state index contributed by atoms with van der Waals surface area (Å²) in [5.41, 5.74) is 1.19. The van der Waals surface area contributed by atoms with Crippen molar-refractivity contribution in [1.29, 1.82) is 0 Å². The van der Waals surface area contributed by atoms with Gasteiger partial charge in [0, 0.05) is 24.4 Å². The van der Waals surface area contributed by atoms with Gasteiger partial charge < -0.3 is 10.2 Å². The van der Waals surface area contributed by atoms with Gasteiger partial charge in [-0.05, 0) is 38.1 Å². The quantitative estimate of drug-likeness (QED) is 0.872. The van der Waals surface area contributed by atoms with Crippen LogP contribution in [0.25, 0.3) is 0 Å². The minimum absolute atomic E-state index is 0. The van der Waals surface area contributed by atoms with E-state index in [9.17, 15) is 4.79 Å². The first-order valence-corrected chi connectivity index (χ1v) is 9.00. The number of carbonyl (C=O) groups excluding carboxylic acids is 1. The van der Waals surface area contributed by atoms with Gasteiger partial charge in [-0.2, -0.15) is 0 Å². The van der Waals surface area contributed by atoms with E-state index in [1.807, 2.05) is 0 Å². The zero-order valence-corrected chi connectivity index (χ0v) is 16.2. The summed E-state index contributed by atoms with van der Waals surface area (Å²) < 4.78 is 0. The number of hydrogen-bond donors (Lipinski definition) is 1. The van der Waals surface area contributed by atoms with Crippen LogP contribution in [0.15, 0.2) is 5.38 Å². The van der Waals surface area contributed by atoms with Crippen LogP contribution in [0.5, 0.6) is 0 Å². The zero-order valence-electron chi connectivity index (χ0n) is 13.8. The Balaban J connectivity index is 0.00000132. The van der Waals surface area contributed by atoms with Gasteiger partial charge >= 0.3 is 0 Å². The molecule has 0 radical (unpaired) electrons. The van der Waals surface area contributed by atoms with Crippen LogP contribution in [-0.2, 0) is 4.79 Å². The second kappa shape index (κ2) is 9.21. The standard InChI is InChI=1S/C16H25N3OS.2ClH/c1-11(2)14-10-21-15(18-14)12-5-4-8-19(9-12)16(20)13-6-3-7-17-13;;/h10-13,17H,3-9H2,1-2H3;2*1H. The molecule has 0 aliphatic carbocycles. The Bertz CT molecular complexity index is 503. The maximum Gasteiger partial charge on any atom is 0.239 e. The Morgan fingerprint density at radius 2 is 2.13 bits per heavy atom. The minimum Gasteiger partial charge on any atom is -0.341 e. The summed E-state index contributed by atoms with van der Waals surface area (Å²) in [6, 6.07) is 0.0614. The number of aromatic nitrogens is 1. The maximum atomic E-state index is 12.5. The van der Waals surface area contributed by atoms with Crippen LogP contribution in [0.2, 0.25) is 0 Å². The van der Waals surface area contributed by atoms with Gasteiger partial charge in [-0.1, -0.05) is 13.8 Å². The van der Waals surface area contributed by atoms with Crippen molar-refractivity contribution in [1.82, 2.24) is 15.2 Å². The van der Waals surface area contributed by atoms with Crippen LogP contribution in [0, 0.1) is 0 Å². The number of rotatable bonds is 3. The normalized spacial score (nSPS) is 24.2. The molecule has 23 heavy (non-hydrogen) atoms. The summed E-state index contributed by atoms with van der Waals surface area (Å²) in [5.74, 6) is 1.22. The summed E-state index contributed by atoms with van der Waals surface area (Å²) in [7, 11) is 0. The van der Waals surface area contributed by atoms with Crippen molar-refractivity contribution >= 4 is 42.1 Å². The number of halogens is 2. The third-order valence-electron chi connectivity index (χ3n) is 4.57. The molecular weight excluding hydrogens is 353 g/mol. The molecule has 4 nitrogen and oxygen atoms in total. The van der Waals surface area contributed by atoms with Crippen LogP contribution in [0.4, 0.5) is 0 Å². The molecular formula is C16H27Cl2N3OS. The Morgan fingerprint density at radius 3 is 2.74 bits per heavy atom. The maximum absolute atomic E-state index is 12.5. The van der Waals surface area contributed by atoms with E-state index in [2.05, 4.69) is 29.4 Å². The molecule has 0 aromatic carbocycles. The second-order valence-corrected chi connectivity index (χ2v) is 7.43. The highest BCUT2D eigenvalue weighted by Crippen LogP contribution is 2.31. The first kappa shape index (κ1) is 20.7. The van der Waals surface area contributed by atoms with E-state index in [1.54, 1.807) is 11.3 Å². The SMILES string of the molecule is CC(C)c1csc(C2CCCN(C(=O)C3CCCN3)C2)n1.Cl.Cl. The molecule has 3 rings (SSSR count). The number of amides is 1. The fraction of sp³-hybridized carbons (Fsp3) is 0.750. The van der Waals surface area contributed by atoms with E-state index >= 15 is 0 Å². The van der Waals surface area contributed by atoms with E-state index < -0.39 is 0 Å². The lowest BCUT2D eigenvalue weighted by Crippen LogP contribution is -2.47. The number of nitrogens with one attached hydrogen (secondary N) is 1. The Hall–Kier alpha value is -0.360. The van der Waals surface area contributed by atoms with Crippen molar-refractivity contribution in [2.75, 3.05) is 19.6 Å². The molecule has 1 N–H and O–H groups in total. The molecule has 2 saturated heterocycles. The third kappa shape index (κ3) is 4.81. The van der Waals surface area contributed by atoms with Gasteiger partial charge in [0.1, 0.15) is 0 Å². The lowest BCUT2D eigenvalue weighted by Gasteiger charge is -2.33. The number of piperidine rings is 1. The van der Waals surface area contributed by atoms with E-state index in [0.29, 0.717) is 17.7 Å². The zero-order chi connectivity index (χ0) is 14.8. The lowest BCUT2D eigenvalue weighted by atomic mass is 9.97. The molecule has 7 heteroatoms. The summed E-state index contributed by atoms with van der Waals surface area (Å²) in [4.78, 5) is 19.4. The number of carbonyl (C=O) groups is 1. The molecule has 2 unspecified atom stereocenters. The van der Waals surface area contributed by atoms with Gasteiger partial charge in [0.05, 0.1) is 16.7 Å². The molecule has 0 saturated carbocycles. The van der Waals surface area contributed by atoms with Crippen molar-refractivity contribution in [3.05, 3.63) is 16.1 Å². The van der Waals surface area contributed by atoms with Crippen LogP contribution in [-0.4, -0.2) is 41.5 Å². The van der Waals surface area contributed by atoms with Crippen molar-refractivity contribution < 1.29 is 4.79 Å². The molecule has 0 spiro atoms. The smallest absolute Gasteiger partial charge is 0.239 e. The molecule has 1 aromatic rings. The van der Waals surface area contributed by atoms with Crippen molar-refractivity contribution in [2.45, 2.75) is 57.4 Å². The highest BCUT2D eigenvalue weighted by atomic mass is 35.5. The number of hydrogen-bond acceptors (Lipinski definition) is 4.